The molecule has 1 saturated heterocycles. The Morgan fingerprint density at radius 1 is 0.968 bits per heavy atom. The van der Waals surface area contributed by atoms with E-state index in [0.717, 1.165) is 49.0 Å². The highest BCUT2D eigenvalue weighted by molar-refractivity contribution is 6.30. The number of hydrogen-bond donors (Lipinski definition) is 0. The van der Waals surface area contributed by atoms with Crippen LogP contribution in [0, 0.1) is 0 Å². The highest BCUT2D eigenvalue weighted by atomic mass is 35.5. The van der Waals surface area contributed by atoms with Gasteiger partial charge >= 0.3 is 6.18 Å². The molecule has 0 bridgehead atoms. The SMILES string of the molecule is O=C(c1nn(-c2ccc(Cl)cc2)c2c1CCCCC2)N1CCCN(CC(F)(F)F)CC1. The molecular formula is C22H26ClF3N4O. The van der Waals surface area contributed by atoms with Gasteiger partial charge in [-0.1, -0.05) is 18.0 Å². The van der Waals surface area contributed by atoms with E-state index in [-0.39, 0.29) is 19.0 Å². The van der Waals surface area contributed by atoms with Crippen LogP contribution < -0.4 is 0 Å². The van der Waals surface area contributed by atoms with Crippen molar-refractivity contribution in [3.05, 3.63) is 46.2 Å². The minimum Gasteiger partial charge on any atom is -0.336 e. The molecule has 9 heteroatoms. The fourth-order valence-electron chi connectivity index (χ4n) is 4.48. The molecule has 31 heavy (non-hydrogen) atoms. The first kappa shape index (κ1) is 22.1. The zero-order chi connectivity index (χ0) is 22.0. The van der Waals surface area contributed by atoms with Crippen LogP contribution in [-0.2, 0) is 12.8 Å². The third-order valence-corrected chi connectivity index (χ3v) is 6.23. The molecular weight excluding hydrogens is 429 g/mol. The van der Waals surface area contributed by atoms with E-state index in [4.69, 9.17) is 16.7 Å². The lowest BCUT2D eigenvalue weighted by molar-refractivity contribution is -0.145. The number of benzene rings is 1. The fraction of sp³-hybridized carbons (Fsp3) is 0.545. The molecule has 2 aliphatic rings. The summed E-state index contributed by atoms with van der Waals surface area (Å²) < 4.78 is 40.1. The summed E-state index contributed by atoms with van der Waals surface area (Å²) in [6.07, 6.45) is 1.05. The van der Waals surface area contributed by atoms with Crippen LogP contribution in [-0.4, -0.2) is 64.4 Å². The van der Waals surface area contributed by atoms with Gasteiger partial charge in [-0.2, -0.15) is 18.3 Å². The number of carbonyl (C=O) groups is 1. The number of alkyl halides is 3. The van der Waals surface area contributed by atoms with E-state index in [1.54, 1.807) is 17.0 Å². The van der Waals surface area contributed by atoms with Crippen LogP contribution in [0.4, 0.5) is 13.2 Å². The van der Waals surface area contributed by atoms with E-state index in [1.165, 1.54) is 4.90 Å². The minimum absolute atomic E-state index is 0.181. The van der Waals surface area contributed by atoms with Gasteiger partial charge in [-0.05, 0) is 56.4 Å². The number of rotatable bonds is 3. The van der Waals surface area contributed by atoms with E-state index in [2.05, 4.69) is 0 Å². The summed E-state index contributed by atoms with van der Waals surface area (Å²) in [6.45, 7) is 0.328. The summed E-state index contributed by atoms with van der Waals surface area (Å²) >= 11 is 6.03. The zero-order valence-electron chi connectivity index (χ0n) is 17.3. The van der Waals surface area contributed by atoms with Crippen molar-refractivity contribution in [2.75, 3.05) is 32.7 Å². The molecule has 1 aromatic carbocycles. The fourth-order valence-corrected chi connectivity index (χ4v) is 4.60. The van der Waals surface area contributed by atoms with Crippen LogP contribution in [0.15, 0.2) is 24.3 Å². The molecule has 2 heterocycles. The average Bonchev–Trinajstić information content (AvgIpc) is 2.88. The Morgan fingerprint density at radius 2 is 1.71 bits per heavy atom. The Kier molecular flexibility index (Phi) is 6.57. The second-order valence-electron chi connectivity index (χ2n) is 8.26. The van der Waals surface area contributed by atoms with Gasteiger partial charge in [0.25, 0.3) is 5.91 Å². The van der Waals surface area contributed by atoms with Crippen molar-refractivity contribution >= 4 is 17.5 Å². The van der Waals surface area contributed by atoms with Crippen molar-refractivity contribution in [1.82, 2.24) is 19.6 Å². The Labute approximate surface area is 184 Å². The van der Waals surface area contributed by atoms with Crippen LogP contribution in [0.3, 0.4) is 0 Å². The summed E-state index contributed by atoms with van der Waals surface area (Å²) in [6, 6.07) is 7.37. The van der Waals surface area contributed by atoms with Gasteiger partial charge in [0.2, 0.25) is 0 Å². The van der Waals surface area contributed by atoms with E-state index in [9.17, 15) is 18.0 Å². The number of halogens is 4. The third kappa shape index (κ3) is 5.23. The van der Waals surface area contributed by atoms with Crippen molar-refractivity contribution in [3.63, 3.8) is 0 Å². The smallest absolute Gasteiger partial charge is 0.336 e. The van der Waals surface area contributed by atoms with Crippen LogP contribution in [0.25, 0.3) is 5.69 Å². The number of aromatic nitrogens is 2. The molecule has 2 aromatic rings. The van der Waals surface area contributed by atoms with E-state index < -0.39 is 12.7 Å². The lowest BCUT2D eigenvalue weighted by Crippen LogP contribution is -2.38. The van der Waals surface area contributed by atoms with Gasteiger partial charge in [0.1, 0.15) is 0 Å². The molecule has 1 aliphatic carbocycles. The quantitative estimate of drug-likeness (QED) is 0.641. The van der Waals surface area contributed by atoms with Crippen molar-refractivity contribution < 1.29 is 18.0 Å². The van der Waals surface area contributed by atoms with E-state index >= 15 is 0 Å². The molecule has 1 amide bonds. The summed E-state index contributed by atoms with van der Waals surface area (Å²) in [7, 11) is 0. The Hall–Kier alpha value is -2.06. The van der Waals surface area contributed by atoms with Crippen molar-refractivity contribution in [2.24, 2.45) is 0 Å². The highest BCUT2D eigenvalue weighted by Gasteiger charge is 2.33. The van der Waals surface area contributed by atoms with Crippen LogP contribution in [0.2, 0.25) is 5.02 Å². The highest BCUT2D eigenvalue weighted by Crippen LogP contribution is 2.28. The predicted molar refractivity (Wildman–Crippen MR) is 113 cm³/mol. The van der Waals surface area contributed by atoms with Crippen LogP contribution >= 0.6 is 11.6 Å². The summed E-state index contributed by atoms with van der Waals surface area (Å²) in [5, 5.41) is 5.34. The minimum atomic E-state index is -4.23. The Balaban J connectivity index is 1.60. The first-order valence-electron chi connectivity index (χ1n) is 10.8. The van der Waals surface area contributed by atoms with Gasteiger partial charge in [-0.25, -0.2) is 4.68 Å². The second-order valence-corrected chi connectivity index (χ2v) is 8.70. The van der Waals surface area contributed by atoms with Crippen LogP contribution in [0.5, 0.6) is 0 Å². The maximum Gasteiger partial charge on any atom is 0.401 e. The van der Waals surface area contributed by atoms with Gasteiger partial charge in [0, 0.05) is 42.5 Å². The molecule has 0 N–H and O–H groups in total. The summed E-state index contributed by atoms with van der Waals surface area (Å²) in [4.78, 5) is 16.5. The molecule has 4 rings (SSSR count). The van der Waals surface area contributed by atoms with Crippen molar-refractivity contribution in [3.8, 4) is 5.69 Å². The molecule has 0 saturated carbocycles. The molecule has 0 atom stereocenters. The molecule has 1 aromatic heterocycles. The van der Waals surface area contributed by atoms with Gasteiger partial charge in [0.15, 0.2) is 5.69 Å². The maximum absolute atomic E-state index is 13.4. The Bertz CT molecular complexity index is 926. The Morgan fingerprint density at radius 3 is 2.45 bits per heavy atom. The largest absolute Gasteiger partial charge is 0.401 e. The molecule has 5 nitrogen and oxygen atoms in total. The second kappa shape index (κ2) is 9.20. The lowest BCUT2D eigenvalue weighted by atomic mass is 10.1. The standard InChI is InChI=1S/C22H26ClF3N4O/c23-16-7-9-17(10-8-16)30-19-6-3-1-2-5-18(19)20(27-30)21(31)29-12-4-11-28(13-14-29)15-22(24,25)26/h7-10H,1-6,11-15H2. The van der Waals surface area contributed by atoms with Crippen molar-refractivity contribution in [1.29, 1.82) is 0 Å². The van der Waals surface area contributed by atoms with Crippen LogP contribution in [0.1, 0.15) is 47.4 Å². The number of hydrogen-bond acceptors (Lipinski definition) is 3. The number of fused-ring (bicyclic) bond motifs is 1. The van der Waals surface area contributed by atoms with Gasteiger partial charge in [0.05, 0.1) is 12.2 Å². The summed E-state index contributed by atoms with van der Waals surface area (Å²) in [5.41, 5.74) is 3.33. The average molecular weight is 455 g/mol. The predicted octanol–water partition coefficient (Wildman–Crippen LogP) is 4.50. The van der Waals surface area contributed by atoms with E-state index in [1.807, 2.05) is 16.8 Å². The third-order valence-electron chi connectivity index (χ3n) is 5.98. The lowest BCUT2D eigenvalue weighted by Gasteiger charge is -2.22. The van der Waals surface area contributed by atoms with Crippen molar-refractivity contribution in [2.45, 2.75) is 44.7 Å². The summed E-state index contributed by atoms with van der Waals surface area (Å²) in [5.74, 6) is -0.181. The first-order chi connectivity index (χ1) is 14.8. The normalized spacial score (nSPS) is 18.4. The molecule has 0 radical (unpaired) electrons. The molecule has 0 spiro atoms. The van der Waals surface area contributed by atoms with Gasteiger partial charge in [-0.3, -0.25) is 9.69 Å². The van der Waals surface area contributed by atoms with E-state index in [0.29, 0.717) is 30.2 Å². The van der Waals surface area contributed by atoms with Gasteiger partial charge < -0.3 is 4.90 Å². The first-order valence-corrected chi connectivity index (χ1v) is 11.1. The van der Waals surface area contributed by atoms with Gasteiger partial charge in [-0.15, -0.1) is 0 Å². The number of nitrogens with zero attached hydrogens (tertiary/aromatic N) is 4. The molecule has 168 valence electrons. The molecule has 1 aliphatic heterocycles. The monoisotopic (exact) mass is 454 g/mol. The topological polar surface area (TPSA) is 41.4 Å². The number of amides is 1. The molecule has 0 unspecified atom stereocenters. The zero-order valence-corrected chi connectivity index (χ0v) is 18.1. The molecule has 1 fully saturated rings. The maximum atomic E-state index is 13.4. The number of carbonyl (C=O) groups excluding carboxylic acids is 1.